The average molecular weight is 144 g/mol. The Labute approximate surface area is 56.8 Å². The van der Waals surface area contributed by atoms with Crippen LogP contribution in [0.15, 0.2) is 4.79 Å². The van der Waals surface area contributed by atoms with Crippen LogP contribution in [-0.2, 0) is 7.05 Å². The number of rotatable bonds is 1. The number of aryl methyl sites for hydroxylation is 1. The zero-order valence-electron chi connectivity index (χ0n) is 5.74. The molecule has 0 aromatic carbocycles. The van der Waals surface area contributed by atoms with Crippen molar-refractivity contribution in [2.75, 3.05) is 13.0 Å². The highest BCUT2D eigenvalue weighted by Gasteiger charge is 2.06. The summed E-state index contributed by atoms with van der Waals surface area (Å²) >= 11 is 0. The van der Waals surface area contributed by atoms with Crippen molar-refractivity contribution >= 4 is 0 Å². The molecule has 1 aromatic rings. The van der Waals surface area contributed by atoms with Crippen LogP contribution in [0, 0.1) is 0 Å². The quantitative estimate of drug-likeness (QED) is 0.477. The SMILES string of the molecule is COc1nn(C)c(=O)n1N. The molecule has 0 spiro atoms. The number of aromatic nitrogens is 3. The first kappa shape index (κ1) is 6.66. The molecule has 0 unspecified atom stereocenters. The topological polar surface area (TPSA) is 75.1 Å². The van der Waals surface area contributed by atoms with Crippen LogP contribution in [0.4, 0.5) is 0 Å². The fourth-order valence-corrected chi connectivity index (χ4v) is 0.596. The molecule has 0 amide bonds. The minimum absolute atomic E-state index is 0.104. The zero-order chi connectivity index (χ0) is 7.72. The van der Waals surface area contributed by atoms with Gasteiger partial charge in [0.15, 0.2) is 0 Å². The molecular weight excluding hydrogens is 136 g/mol. The minimum Gasteiger partial charge on any atom is -0.466 e. The summed E-state index contributed by atoms with van der Waals surface area (Å²) in [4.78, 5) is 10.8. The summed E-state index contributed by atoms with van der Waals surface area (Å²) in [5.41, 5.74) is -0.406. The maximum atomic E-state index is 10.8. The minimum atomic E-state index is -0.406. The fraction of sp³-hybridized carbons (Fsp3) is 0.500. The summed E-state index contributed by atoms with van der Waals surface area (Å²) in [5, 5.41) is 3.65. The summed E-state index contributed by atoms with van der Waals surface area (Å²) in [7, 11) is 2.89. The van der Waals surface area contributed by atoms with Crippen LogP contribution in [0.5, 0.6) is 6.01 Å². The summed E-state index contributed by atoms with van der Waals surface area (Å²) in [6, 6.07) is 0.104. The highest BCUT2D eigenvalue weighted by molar-refractivity contribution is 4.92. The fourth-order valence-electron chi connectivity index (χ4n) is 0.596. The van der Waals surface area contributed by atoms with Gasteiger partial charge in [0.05, 0.1) is 7.11 Å². The molecule has 0 aliphatic rings. The molecule has 0 aliphatic carbocycles. The Bertz CT molecular complexity index is 286. The second-order valence-corrected chi connectivity index (χ2v) is 1.76. The van der Waals surface area contributed by atoms with Crippen molar-refractivity contribution in [3.8, 4) is 6.01 Å². The molecule has 0 saturated heterocycles. The second kappa shape index (κ2) is 2.05. The third-order valence-corrected chi connectivity index (χ3v) is 1.11. The summed E-state index contributed by atoms with van der Waals surface area (Å²) in [6.07, 6.45) is 0. The van der Waals surface area contributed by atoms with Crippen LogP contribution in [0.1, 0.15) is 0 Å². The molecule has 0 atom stereocenters. The van der Waals surface area contributed by atoms with Gasteiger partial charge in [-0.25, -0.2) is 9.48 Å². The van der Waals surface area contributed by atoms with E-state index in [1.54, 1.807) is 0 Å². The summed E-state index contributed by atoms with van der Waals surface area (Å²) in [6.45, 7) is 0. The maximum Gasteiger partial charge on any atom is 0.367 e. The van der Waals surface area contributed by atoms with E-state index >= 15 is 0 Å². The number of nitrogens with zero attached hydrogens (tertiary/aromatic N) is 3. The lowest BCUT2D eigenvalue weighted by molar-refractivity contribution is 0.365. The van der Waals surface area contributed by atoms with Crippen molar-refractivity contribution in [1.29, 1.82) is 0 Å². The van der Waals surface area contributed by atoms with Gasteiger partial charge >= 0.3 is 11.7 Å². The van der Waals surface area contributed by atoms with Crippen LogP contribution in [0.2, 0.25) is 0 Å². The molecule has 0 aliphatic heterocycles. The maximum absolute atomic E-state index is 10.8. The van der Waals surface area contributed by atoms with Crippen LogP contribution >= 0.6 is 0 Å². The van der Waals surface area contributed by atoms with E-state index in [2.05, 4.69) is 9.84 Å². The van der Waals surface area contributed by atoms with Gasteiger partial charge in [-0.2, -0.15) is 4.68 Å². The monoisotopic (exact) mass is 144 g/mol. The zero-order valence-corrected chi connectivity index (χ0v) is 5.74. The molecule has 0 bridgehead atoms. The van der Waals surface area contributed by atoms with Crippen molar-refractivity contribution < 1.29 is 4.74 Å². The first-order valence-corrected chi connectivity index (χ1v) is 2.62. The third kappa shape index (κ3) is 0.734. The van der Waals surface area contributed by atoms with Gasteiger partial charge in [0.25, 0.3) is 0 Å². The average Bonchev–Trinajstić information content (AvgIpc) is 2.17. The summed E-state index contributed by atoms with van der Waals surface area (Å²) < 4.78 is 6.58. The predicted molar refractivity (Wildman–Crippen MR) is 34.2 cm³/mol. The Balaban J connectivity index is 3.31. The predicted octanol–water partition coefficient (Wildman–Crippen LogP) is -1.70. The molecule has 6 heteroatoms. The van der Waals surface area contributed by atoms with E-state index in [1.807, 2.05) is 0 Å². The van der Waals surface area contributed by atoms with E-state index in [1.165, 1.54) is 14.2 Å². The van der Waals surface area contributed by atoms with E-state index in [4.69, 9.17) is 5.84 Å². The van der Waals surface area contributed by atoms with Gasteiger partial charge in [-0.3, -0.25) is 0 Å². The highest BCUT2D eigenvalue weighted by Crippen LogP contribution is 1.94. The van der Waals surface area contributed by atoms with Crippen molar-refractivity contribution in [2.45, 2.75) is 0 Å². The van der Waals surface area contributed by atoms with E-state index in [0.717, 1.165) is 9.36 Å². The van der Waals surface area contributed by atoms with Gasteiger partial charge in [0.1, 0.15) is 0 Å². The van der Waals surface area contributed by atoms with Crippen molar-refractivity contribution in [2.24, 2.45) is 7.05 Å². The Kier molecular flexibility index (Phi) is 1.37. The molecule has 6 nitrogen and oxygen atoms in total. The van der Waals surface area contributed by atoms with Gasteiger partial charge in [0.2, 0.25) is 0 Å². The van der Waals surface area contributed by atoms with Crippen LogP contribution in [-0.4, -0.2) is 21.6 Å². The van der Waals surface area contributed by atoms with Gasteiger partial charge in [-0.15, -0.1) is 5.10 Å². The molecule has 10 heavy (non-hydrogen) atoms. The van der Waals surface area contributed by atoms with Gasteiger partial charge < -0.3 is 10.6 Å². The van der Waals surface area contributed by atoms with E-state index in [9.17, 15) is 4.79 Å². The lowest BCUT2D eigenvalue weighted by Crippen LogP contribution is -2.28. The molecule has 2 N–H and O–H groups in total. The van der Waals surface area contributed by atoms with Gasteiger partial charge in [-0.1, -0.05) is 0 Å². The molecule has 0 saturated carbocycles. The smallest absolute Gasteiger partial charge is 0.367 e. The Morgan fingerprint density at radius 1 is 1.70 bits per heavy atom. The second-order valence-electron chi connectivity index (χ2n) is 1.76. The highest BCUT2D eigenvalue weighted by atomic mass is 16.5. The molecular formula is C4H8N4O2. The molecule has 0 fully saturated rings. The molecule has 1 heterocycles. The Morgan fingerprint density at radius 2 is 2.30 bits per heavy atom. The number of ether oxygens (including phenoxy) is 1. The number of nitrogens with two attached hydrogens (primary N) is 1. The lowest BCUT2D eigenvalue weighted by Gasteiger charge is -1.92. The molecule has 1 aromatic heterocycles. The van der Waals surface area contributed by atoms with Crippen LogP contribution in [0.25, 0.3) is 0 Å². The Hall–Kier alpha value is -1.46. The lowest BCUT2D eigenvalue weighted by atomic mass is 11.1. The number of methoxy groups -OCH3 is 1. The number of nitrogen functional groups attached to an aromatic ring is 1. The van der Waals surface area contributed by atoms with Crippen molar-refractivity contribution in [1.82, 2.24) is 14.5 Å². The standard InChI is InChI=1S/C4H8N4O2/c1-7-4(9)8(5)3(6-7)10-2/h5H2,1-2H3. The Morgan fingerprint density at radius 3 is 2.50 bits per heavy atom. The number of hydrogen-bond acceptors (Lipinski definition) is 4. The van der Waals surface area contributed by atoms with Gasteiger partial charge in [0, 0.05) is 7.05 Å². The molecule has 0 radical (unpaired) electrons. The normalized spacial score (nSPS) is 9.80. The molecule has 1 rings (SSSR count). The van der Waals surface area contributed by atoms with Crippen molar-refractivity contribution in [3.05, 3.63) is 10.5 Å². The van der Waals surface area contributed by atoms with E-state index in [-0.39, 0.29) is 6.01 Å². The number of hydrogen-bond donors (Lipinski definition) is 1. The van der Waals surface area contributed by atoms with E-state index in [0.29, 0.717) is 0 Å². The first-order chi connectivity index (χ1) is 4.66. The third-order valence-electron chi connectivity index (χ3n) is 1.11. The van der Waals surface area contributed by atoms with Gasteiger partial charge in [-0.05, 0) is 0 Å². The van der Waals surface area contributed by atoms with E-state index < -0.39 is 5.69 Å². The first-order valence-electron chi connectivity index (χ1n) is 2.62. The van der Waals surface area contributed by atoms with Crippen molar-refractivity contribution in [3.63, 3.8) is 0 Å². The summed E-state index contributed by atoms with van der Waals surface area (Å²) in [5.74, 6) is 5.21. The largest absolute Gasteiger partial charge is 0.466 e. The van der Waals surface area contributed by atoms with Crippen LogP contribution < -0.4 is 16.3 Å². The molecule has 56 valence electrons. The van der Waals surface area contributed by atoms with Crippen LogP contribution in [0.3, 0.4) is 0 Å².